The minimum atomic E-state index is -0.952. The number of benzene rings is 2. The van der Waals surface area contributed by atoms with Crippen molar-refractivity contribution in [2.24, 2.45) is 11.8 Å². The molecule has 6 rings (SSSR count). The normalized spacial score (nSPS) is 23.6. The summed E-state index contributed by atoms with van der Waals surface area (Å²) in [6.45, 7) is 3.19. The first-order valence-electron chi connectivity index (χ1n) is 15.2. The fourth-order valence-corrected chi connectivity index (χ4v) is 7.89. The molecule has 0 aliphatic carbocycles. The van der Waals surface area contributed by atoms with E-state index in [0.29, 0.717) is 22.5 Å². The van der Waals surface area contributed by atoms with Crippen molar-refractivity contribution in [2.45, 2.75) is 56.9 Å². The molecule has 2 amide bonds. The second-order valence-electron chi connectivity index (χ2n) is 11.9. The van der Waals surface area contributed by atoms with Crippen LogP contribution in [0.2, 0.25) is 0 Å². The number of nitro benzene ring substituents is 2. The Bertz CT molecular complexity index is 1800. The third-order valence-corrected chi connectivity index (χ3v) is 10.3. The van der Waals surface area contributed by atoms with Gasteiger partial charge in [-0.3, -0.25) is 29.9 Å². The first-order chi connectivity index (χ1) is 23.4. The molecule has 1 N–H and O–H groups in total. The SMILES string of the molecule is C[C@@H](O)[C@H]1C(=O)N2C(C(=O)OCc3ccc([N+](=O)[O-])cc3)=C(S[C@H]3C[C@@H](c4ncno4)N(C(=O)OCc4ccc([N+](=O)[O-])cc4)C3)[C@H](C)[C@H]12. The quantitative estimate of drug-likeness (QED) is 0.130. The number of nitrogens with zero attached hydrogens (tertiary/aromatic N) is 6. The molecule has 3 aliphatic heterocycles. The van der Waals surface area contributed by atoms with E-state index in [0.717, 1.165) is 0 Å². The van der Waals surface area contributed by atoms with E-state index >= 15 is 0 Å². The molecule has 18 heteroatoms. The molecule has 0 unspecified atom stereocenters. The topological polar surface area (TPSA) is 222 Å². The van der Waals surface area contributed by atoms with E-state index in [9.17, 15) is 39.7 Å². The number of β-lactam (4-membered cyclic amide) rings is 1. The highest BCUT2D eigenvalue weighted by Crippen LogP contribution is 2.53. The average Bonchev–Trinajstić information content (AvgIpc) is 3.81. The number of fused-ring (bicyclic) bond motifs is 1. The predicted octanol–water partition coefficient (Wildman–Crippen LogP) is 3.88. The third-order valence-electron chi connectivity index (χ3n) is 8.78. The lowest BCUT2D eigenvalue weighted by Crippen LogP contribution is -2.63. The molecule has 0 bridgehead atoms. The standard InChI is InChI=1S/C31H30N6O11S/c1-16-25-24(17(2)38)29(39)35(25)26(30(40)46-13-18-3-7-20(8-4-18)36(42)43)27(16)49-22-11-23(28-32-15-33-48-28)34(12-22)31(41)47-14-19-5-9-21(10-6-19)37(44)45/h3-10,15-17,22-25,38H,11-14H2,1-2H3/t16-,17-,22+,23+,24-,25-/m1/s1. The van der Waals surface area contributed by atoms with E-state index in [1.807, 2.05) is 6.92 Å². The van der Waals surface area contributed by atoms with Gasteiger partial charge in [-0.05, 0) is 48.7 Å². The van der Waals surface area contributed by atoms with Crippen molar-refractivity contribution < 1.29 is 43.3 Å². The second-order valence-corrected chi connectivity index (χ2v) is 13.2. The van der Waals surface area contributed by atoms with Crippen molar-refractivity contribution in [2.75, 3.05) is 6.54 Å². The van der Waals surface area contributed by atoms with Crippen LogP contribution in [-0.2, 0) is 32.3 Å². The summed E-state index contributed by atoms with van der Waals surface area (Å²) in [5.74, 6) is -2.06. The van der Waals surface area contributed by atoms with Gasteiger partial charge in [-0.2, -0.15) is 4.98 Å². The number of ether oxygens (including phenoxy) is 2. The molecule has 49 heavy (non-hydrogen) atoms. The van der Waals surface area contributed by atoms with Gasteiger partial charge in [0.15, 0.2) is 6.33 Å². The highest BCUT2D eigenvalue weighted by molar-refractivity contribution is 8.03. The number of amides is 2. The molecular weight excluding hydrogens is 664 g/mol. The first-order valence-corrected chi connectivity index (χ1v) is 16.1. The number of esters is 1. The fraction of sp³-hybridized carbons (Fsp3) is 0.387. The smallest absolute Gasteiger partial charge is 0.410 e. The largest absolute Gasteiger partial charge is 0.456 e. The van der Waals surface area contributed by atoms with Crippen LogP contribution in [0.4, 0.5) is 16.2 Å². The molecule has 0 radical (unpaired) electrons. The molecule has 2 fully saturated rings. The van der Waals surface area contributed by atoms with Crippen molar-refractivity contribution >= 4 is 41.1 Å². The Morgan fingerprint density at radius 3 is 2.16 bits per heavy atom. The highest BCUT2D eigenvalue weighted by atomic mass is 32.2. The number of aliphatic hydroxyl groups excluding tert-OH is 1. The van der Waals surface area contributed by atoms with Crippen molar-refractivity contribution in [1.82, 2.24) is 19.9 Å². The summed E-state index contributed by atoms with van der Waals surface area (Å²) in [5, 5.41) is 35.7. The van der Waals surface area contributed by atoms with E-state index < -0.39 is 51.9 Å². The average molecular weight is 695 g/mol. The Kier molecular flexibility index (Phi) is 9.33. The minimum absolute atomic E-state index is 0.0554. The number of likely N-dealkylation sites (tertiary alicyclic amines) is 1. The second kappa shape index (κ2) is 13.6. The number of aliphatic hydroxyl groups is 1. The van der Waals surface area contributed by atoms with Crippen LogP contribution in [0.1, 0.15) is 43.3 Å². The van der Waals surface area contributed by atoms with Gasteiger partial charge in [-0.15, -0.1) is 11.8 Å². The number of aromatic nitrogens is 2. The first kappa shape index (κ1) is 33.5. The highest BCUT2D eigenvalue weighted by Gasteiger charge is 2.60. The maximum Gasteiger partial charge on any atom is 0.410 e. The number of rotatable bonds is 11. The van der Waals surface area contributed by atoms with Crippen LogP contribution in [0, 0.1) is 32.1 Å². The molecule has 3 aromatic rings. The van der Waals surface area contributed by atoms with Crippen LogP contribution in [-0.4, -0.2) is 76.8 Å². The molecule has 0 spiro atoms. The lowest BCUT2D eigenvalue weighted by molar-refractivity contribution is -0.385. The van der Waals surface area contributed by atoms with Crippen molar-refractivity contribution in [3.8, 4) is 0 Å². The summed E-state index contributed by atoms with van der Waals surface area (Å²) in [5.41, 5.74) is 0.900. The fourth-order valence-electron chi connectivity index (χ4n) is 6.37. The Hall–Kier alpha value is -5.36. The molecule has 2 saturated heterocycles. The lowest BCUT2D eigenvalue weighted by atomic mass is 9.79. The zero-order chi connectivity index (χ0) is 35.0. The van der Waals surface area contributed by atoms with Gasteiger partial charge in [0, 0.05) is 46.9 Å². The van der Waals surface area contributed by atoms with Crippen molar-refractivity contribution in [3.63, 3.8) is 0 Å². The molecule has 1 aromatic heterocycles. The summed E-state index contributed by atoms with van der Waals surface area (Å²) in [6, 6.07) is 10.0. The summed E-state index contributed by atoms with van der Waals surface area (Å²) < 4.78 is 16.4. The number of thioether (sulfide) groups is 1. The van der Waals surface area contributed by atoms with E-state index in [2.05, 4.69) is 10.1 Å². The molecule has 6 atom stereocenters. The molecule has 4 heterocycles. The third kappa shape index (κ3) is 6.56. The summed E-state index contributed by atoms with van der Waals surface area (Å²) in [6.07, 6.45) is -0.0931. The van der Waals surface area contributed by atoms with Gasteiger partial charge in [-0.25, -0.2) is 9.59 Å². The van der Waals surface area contributed by atoms with Crippen LogP contribution in [0.15, 0.2) is 70.0 Å². The summed E-state index contributed by atoms with van der Waals surface area (Å²) in [7, 11) is 0. The Morgan fingerprint density at radius 2 is 1.63 bits per heavy atom. The van der Waals surface area contributed by atoms with Gasteiger partial charge in [0.1, 0.15) is 25.0 Å². The zero-order valence-corrected chi connectivity index (χ0v) is 26.9. The number of carbonyl (C=O) groups is 3. The number of carbonyl (C=O) groups excluding carboxylic acids is 3. The van der Waals surface area contributed by atoms with Gasteiger partial charge >= 0.3 is 12.1 Å². The lowest BCUT2D eigenvalue weighted by Gasteiger charge is -2.46. The number of hydrogen-bond donors (Lipinski definition) is 1. The van der Waals surface area contributed by atoms with Crippen LogP contribution in [0.5, 0.6) is 0 Å². The van der Waals surface area contributed by atoms with Crippen LogP contribution >= 0.6 is 11.8 Å². The Labute approximate surface area is 282 Å². The predicted molar refractivity (Wildman–Crippen MR) is 168 cm³/mol. The van der Waals surface area contributed by atoms with Crippen molar-refractivity contribution in [1.29, 1.82) is 0 Å². The van der Waals surface area contributed by atoms with Crippen LogP contribution in [0.25, 0.3) is 0 Å². The van der Waals surface area contributed by atoms with Gasteiger partial charge in [-0.1, -0.05) is 12.1 Å². The summed E-state index contributed by atoms with van der Waals surface area (Å²) in [4.78, 5) is 68.6. The van der Waals surface area contributed by atoms with Gasteiger partial charge in [0.2, 0.25) is 11.8 Å². The zero-order valence-electron chi connectivity index (χ0n) is 26.1. The molecule has 0 saturated carbocycles. The van der Waals surface area contributed by atoms with E-state index in [-0.39, 0.29) is 53.9 Å². The summed E-state index contributed by atoms with van der Waals surface area (Å²) >= 11 is 1.32. The number of hydrogen-bond acceptors (Lipinski definition) is 14. The van der Waals surface area contributed by atoms with Crippen molar-refractivity contribution in [3.05, 3.63) is 103 Å². The van der Waals surface area contributed by atoms with E-state index in [4.69, 9.17) is 14.0 Å². The van der Waals surface area contributed by atoms with Crippen LogP contribution < -0.4 is 0 Å². The van der Waals surface area contributed by atoms with E-state index in [1.165, 1.54) is 83.3 Å². The van der Waals surface area contributed by atoms with Crippen LogP contribution in [0.3, 0.4) is 0 Å². The molecule has 17 nitrogen and oxygen atoms in total. The maximum absolute atomic E-state index is 13.6. The maximum atomic E-state index is 13.6. The molecule has 256 valence electrons. The molecule has 2 aromatic carbocycles. The van der Waals surface area contributed by atoms with Gasteiger partial charge < -0.3 is 24.0 Å². The Balaban J connectivity index is 1.21. The molecular formula is C31H30N6O11S. The van der Waals surface area contributed by atoms with Gasteiger partial charge in [0.05, 0.1) is 27.9 Å². The number of non-ortho nitro benzene ring substituents is 2. The minimum Gasteiger partial charge on any atom is -0.456 e. The van der Waals surface area contributed by atoms with E-state index in [1.54, 1.807) is 0 Å². The number of nitro groups is 2. The molecule has 3 aliphatic rings. The Morgan fingerprint density at radius 1 is 1.04 bits per heavy atom. The van der Waals surface area contributed by atoms with Gasteiger partial charge in [0.25, 0.3) is 11.4 Å². The monoisotopic (exact) mass is 694 g/mol.